The van der Waals surface area contributed by atoms with Gasteiger partial charge in [0, 0.05) is 6.42 Å². The SMILES string of the molecule is CCCCC.CCCCCCC(=O)c1ccc(O)c(O)c1O. The van der Waals surface area contributed by atoms with E-state index < -0.39 is 17.2 Å². The van der Waals surface area contributed by atoms with Crippen molar-refractivity contribution in [2.75, 3.05) is 0 Å². The highest BCUT2D eigenvalue weighted by atomic mass is 16.3. The van der Waals surface area contributed by atoms with Crippen LogP contribution in [0.1, 0.15) is 82.5 Å². The number of hydrogen-bond acceptors (Lipinski definition) is 4. The summed E-state index contributed by atoms with van der Waals surface area (Å²) < 4.78 is 0. The van der Waals surface area contributed by atoms with Crippen LogP contribution in [0.15, 0.2) is 12.1 Å². The minimum absolute atomic E-state index is 0.0665. The van der Waals surface area contributed by atoms with E-state index in [2.05, 4.69) is 20.8 Å². The van der Waals surface area contributed by atoms with E-state index in [1.165, 1.54) is 31.4 Å². The van der Waals surface area contributed by atoms with Crippen molar-refractivity contribution < 1.29 is 20.1 Å². The fraction of sp³-hybridized carbons (Fsp3) is 0.611. The van der Waals surface area contributed by atoms with E-state index in [9.17, 15) is 15.0 Å². The van der Waals surface area contributed by atoms with Gasteiger partial charge in [-0.05, 0) is 18.6 Å². The lowest BCUT2D eigenvalue weighted by atomic mass is 10.0. The molecule has 0 amide bonds. The maximum atomic E-state index is 11.7. The highest BCUT2D eigenvalue weighted by Crippen LogP contribution is 2.37. The summed E-state index contributed by atoms with van der Waals surface area (Å²) in [4.78, 5) is 11.7. The normalized spacial score (nSPS) is 9.95. The average Bonchev–Trinajstić information content (AvgIpc) is 2.50. The van der Waals surface area contributed by atoms with Gasteiger partial charge < -0.3 is 15.3 Å². The minimum atomic E-state index is -0.635. The third-order valence-electron chi connectivity index (χ3n) is 3.39. The molecule has 4 nitrogen and oxygen atoms in total. The Bertz CT molecular complexity index is 439. The molecule has 0 aliphatic rings. The Kier molecular flexibility index (Phi) is 11.0. The van der Waals surface area contributed by atoms with E-state index in [1.807, 2.05) is 0 Å². The first-order valence-corrected chi connectivity index (χ1v) is 8.26. The van der Waals surface area contributed by atoms with Crippen molar-refractivity contribution >= 4 is 5.78 Å². The van der Waals surface area contributed by atoms with E-state index >= 15 is 0 Å². The van der Waals surface area contributed by atoms with Crippen molar-refractivity contribution in [3.63, 3.8) is 0 Å². The van der Waals surface area contributed by atoms with Crippen molar-refractivity contribution in [3.05, 3.63) is 17.7 Å². The van der Waals surface area contributed by atoms with Crippen molar-refractivity contribution in [1.82, 2.24) is 0 Å². The van der Waals surface area contributed by atoms with Crippen LogP contribution in [0.4, 0.5) is 0 Å². The van der Waals surface area contributed by atoms with Gasteiger partial charge in [-0.1, -0.05) is 59.3 Å². The molecule has 0 radical (unpaired) electrons. The number of hydrogen-bond donors (Lipinski definition) is 3. The molecule has 0 aromatic heterocycles. The average molecular weight is 310 g/mol. The predicted octanol–water partition coefficient (Wildman–Crippen LogP) is 5.15. The fourth-order valence-corrected chi connectivity index (χ4v) is 1.99. The molecule has 0 atom stereocenters. The summed E-state index contributed by atoms with van der Waals surface area (Å²) in [5.41, 5.74) is 0.0665. The summed E-state index contributed by atoms with van der Waals surface area (Å²) in [6.45, 7) is 6.51. The van der Waals surface area contributed by atoms with Crippen LogP contribution in [0.25, 0.3) is 0 Å². The molecule has 0 unspecified atom stereocenters. The number of carbonyl (C=O) groups is 1. The highest BCUT2D eigenvalue weighted by Gasteiger charge is 2.16. The third-order valence-corrected chi connectivity index (χ3v) is 3.39. The first-order chi connectivity index (χ1) is 10.5. The summed E-state index contributed by atoms with van der Waals surface area (Å²) in [6, 6.07) is 2.53. The molecule has 0 bridgehead atoms. The number of unbranched alkanes of at least 4 members (excludes halogenated alkanes) is 5. The molecular weight excluding hydrogens is 280 g/mol. The number of aromatic hydroxyl groups is 3. The quantitative estimate of drug-likeness (QED) is 0.352. The maximum Gasteiger partial charge on any atom is 0.201 e. The lowest BCUT2D eigenvalue weighted by molar-refractivity contribution is 0.0976. The van der Waals surface area contributed by atoms with Gasteiger partial charge in [0.05, 0.1) is 5.56 Å². The van der Waals surface area contributed by atoms with Crippen molar-refractivity contribution in [3.8, 4) is 17.2 Å². The molecule has 1 aromatic rings. The Balaban J connectivity index is 0.000000763. The molecular formula is C18H30O4. The van der Waals surface area contributed by atoms with Crippen molar-refractivity contribution in [2.24, 2.45) is 0 Å². The molecule has 4 heteroatoms. The van der Waals surface area contributed by atoms with E-state index in [4.69, 9.17) is 5.11 Å². The molecule has 126 valence electrons. The van der Waals surface area contributed by atoms with Gasteiger partial charge in [-0.15, -0.1) is 0 Å². The van der Waals surface area contributed by atoms with E-state index in [-0.39, 0.29) is 11.3 Å². The summed E-state index contributed by atoms with van der Waals surface area (Å²) in [7, 11) is 0. The second kappa shape index (κ2) is 11.9. The van der Waals surface area contributed by atoms with E-state index in [1.54, 1.807) is 0 Å². The first kappa shape index (κ1) is 20.3. The Hall–Kier alpha value is -1.71. The topological polar surface area (TPSA) is 77.8 Å². The molecule has 22 heavy (non-hydrogen) atoms. The number of ketones is 1. The second-order valence-corrected chi connectivity index (χ2v) is 5.42. The van der Waals surface area contributed by atoms with Gasteiger partial charge in [0.25, 0.3) is 0 Å². The number of phenols is 3. The van der Waals surface area contributed by atoms with E-state index in [0.717, 1.165) is 25.7 Å². The smallest absolute Gasteiger partial charge is 0.201 e. The molecule has 1 rings (SSSR count). The minimum Gasteiger partial charge on any atom is -0.504 e. The van der Waals surface area contributed by atoms with Gasteiger partial charge in [0.1, 0.15) is 0 Å². The van der Waals surface area contributed by atoms with Crippen LogP contribution < -0.4 is 0 Å². The molecule has 0 heterocycles. The first-order valence-electron chi connectivity index (χ1n) is 8.26. The molecule has 0 aliphatic heterocycles. The number of benzene rings is 1. The Labute approximate surface area is 133 Å². The monoisotopic (exact) mass is 310 g/mol. The Morgan fingerprint density at radius 2 is 1.41 bits per heavy atom. The zero-order chi connectivity index (χ0) is 17.0. The lowest BCUT2D eigenvalue weighted by Crippen LogP contribution is -1.99. The van der Waals surface area contributed by atoms with Crippen LogP contribution in [0.3, 0.4) is 0 Å². The van der Waals surface area contributed by atoms with Crippen LogP contribution in [-0.4, -0.2) is 21.1 Å². The van der Waals surface area contributed by atoms with Gasteiger partial charge in [-0.3, -0.25) is 4.79 Å². The second-order valence-electron chi connectivity index (χ2n) is 5.42. The summed E-state index contributed by atoms with van der Waals surface area (Å²) in [6.07, 6.45) is 8.35. The zero-order valence-corrected chi connectivity index (χ0v) is 14.1. The fourth-order valence-electron chi connectivity index (χ4n) is 1.99. The zero-order valence-electron chi connectivity index (χ0n) is 14.1. The van der Waals surface area contributed by atoms with Crippen LogP contribution in [0.2, 0.25) is 0 Å². The lowest BCUT2D eigenvalue weighted by Gasteiger charge is -2.06. The predicted molar refractivity (Wildman–Crippen MR) is 89.7 cm³/mol. The number of phenolic OH excluding ortho intramolecular Hbond substituents is 3. The summed E-state index contributed by atoms with van der Waals surface area (Å²) in [5.74, 6) is -1.81. The summed E-state index contributed by atoms with van der Waals surface area (Å²) >= 11 is 0. The number of Topliss-reactive ketones (excluding diaryl/α,β-unsaturated/α-hetero) is 1. The standard InChI is InChI=1S/C13H18O4.C5H12/c1-2-3-4-5-6-10(14)9-7-8-11(15)13(17)12(9)16;1-3-5-4-2/h7-8,15-17H,2-6H2,1H3;3-5H2,1-2H3. The Morgan fingerprint density at radius 1 is 0.818 bits per heavy atom. The van der Waals surface area contributed by atoms with Gasteiger partial charge >= 0.3 is 0 Å². The van der Waals surface area contributed by atoms with Gasteiger partial charge in [0.2, 0.25) is 5.75 Å². The number of carbonyl (C=O) groups excluding carboxylic acids is 1. The van der Waals surface area contributed by atoms with Crippen molar-refractivity contribution in [2.45, 2.75) is 72.1 Å². The molecule has 0 aliphatic carbocycles. The molecule has 0 saturated carbocycles. The number of rotatable bonds is 8. The molecule has 0 saturated heterocycles. The third kappa shape index (κ3) is 7.34. The molecule has 0 spiro atoms. The van der Waals surface area contributed by atoms with Crippen LogP contribution in [0, 0.1) is 0 Å². The van der Waals surface area contributed by atoms with Gasteiger partial charge in [0.15, 0.2) is 17.3 Å². The van der Waals surface area contributed by atoms with Crippen LogP contribution >= 0.6 is 0 Å². The molecule has 0 fully saturated rings. The highest BCUT2D eigenvalue weighted by molar-refractivity contribution is 5.99. The molecule has 3 N–H and O–H groups in total. The van der Waals surface area contributed by atoms with E-state index in [0.29, 0.717) is 6.42 Å². The van der Waals surface area contributed by atoms with Crippen LogP contribution in [-0.2, 0) is 0 Å². The maximum absolute atomic E-state index is 11.7. The van der Waals surface area contributed by atoms with Gasteiger partial charge in [-0.2, -0.15) is 0 Å². The Morgan fingerprint density at radius 3 is 1.91 bits per heavy atom. The molecule has 1 aromatic carbocycles. The largest absolute Gasteiger partial charge is 0.504 e. The summed E-state index contributed by atoms with van der Waals surface area (Å²) in [5, 5.41) is 27.9. The van der Waals surface area contributed by atoms with Crippen molar-refractivity contribution in [1.29, 1.82) is 0 Å². The van der Waals surface area contributed by atoms with Crippen LogP contribution in [0.5, 0.6) is 17.2 Å². The van der Waals surface area contributed by atoms with Gasteiger partial charge in [-0.25, -0.2) is 0 Å².